The number of aromatic nitrogens is 1. The molecular weight excluding hydrogens is 373 g/mol. The standard InChI is InChI=1S/C19H22ClN3O2.ClH/c20-15-3-1-2-14(10-15)17-11-18(25-22-17)19(24)23-8-6-16(7-9-23)21-12-13-4-5-13;/h1-3,10-11,13,16,21H,4-9,12H2;1H. The van der Waals surface area contributed by atoms with Gasteiger partial charge >= 0.3 is 0 Å². The number of amides is 1. The van der Waals surface area contributed by atoms with Crippen LogP contribution in [0.3, 0.4) is 0 Å². The van der Waals surface area contributed by atoms with Crippen LogP contribution in [0, 0.1) is 5.92 Å². The molecule has 2 heterocycles. The van der Waals surface area contributed by atoms with E-state index in [0.717, 1.165) is 44.0 Å². The third kappa shape index (κ3) is 4.58. The molecule has 26 heavy (non-hydrogen) atoms. The Morgan fingerprint density at radius 1 is 1.23 bits per heavy atom. The largest absolute Gasteiger partial charge is 0.350 e. The van der Waals surface area contributed by atoms with Gasteiger partial charge in [0.05, 0.1) is 0 Å². The minimum absolute atomic E-state index is 0. The molecule has 2 aliphatic rings. The van der Waals surface area contributed by atoms with Gasteiger partial charge in [0, 0.05) is 35.8 Å². The van der Waals surface area contributed by atoms with Crippen LogP contribution in [-0.2, 0) is 0 Å². The predicted octanol–water partition coefficient (Wildman–Crippen LogP) is 4.02. The summed E-state index contributed by atoms with van der Waals surface area (Å²) in [6.45, 7) is 2.65. The van der Waals surface area contributed by atoms with E-state index in [0.29, 0.717) is 22.5 Å². The molecule has 140 valence electrons. The first kappa shape index (κ1) is 19.2. The van der Waals surface area contributed by atoms with Crippen LogP contribution in [0.5, 0.6) is 0 Å². The normalized spacial score (nSPS) is 17.8. The van der Waals surface area contributed by atoms with E-state index in [-0.39, 0.29) is 18.3 Å². The summed E-state index contributed by atoms with van der Waals surface area (Å²) in [6.07, 6.45) is 4.72. The number of hydrogen-bond acceptors (Lipinski definition) is 4. The molecule has 7 heteroatoms. The minimum Gasteiger partial charge on any atom is -0.350 e. The first-order chi connectivity index (χ1) is 12.2. The highest BCUT2D eigenvalue weighted by Crippen LogP contribution is 2.28. The molecule has 0 bridgehead atoms. The zero-order valence-electron chi connectivity index (χ0n) is 14.5. The monoisotopic (exact) mass is 395 g/mol. The van der Waals surface area contributed by atoms with Crippen molar-refractivity contribution in [3.05, 3.63) is 41.1 Å². The predicted molar refractivity (Wildman–Crippen MR) is 104 cm³/mol. The lowest BCUT2D eigenvalue weighted by Gasteiger charge is -2.31. The molecule has 1 amide bonds. The molecule has 0 atom stereocenters. The maximum Gasteiger partial charge on any atom is 0.292 e. The van der Waals surface area contributed by atoms with Gasteiger partial charge in [-0.3, -0.25) is 4.79 Å². The van der Waals surface area contributed by atoms with Crippen molar-refractivity contribution in [3.63, 3.8) is 0 Å². The van der Waals surface area contributed by atoms with Gasteiger partial charge in [-0.1, -0.05) is 28.9 Å². The molecular formula is C19H23Cl2N3O2. The number of likely N-dealkylation sites (tertiary alicyclic amines) is 1. The van der Waals surface area contributed by atoms with Gasteiger partial charge in [-0.15, -0.1) is 12.4 Å². The number of carbonyl (C=O) groups excluding carboxylic acids is 1. The molecule has 5 nitrogen and oxygen atoms in total. The van der Waals surface area contributed by atoms with Crippen LogP contribution < -0.4 is 5.32 Å². The fourth-order valence-corrected chi connectivity index (χ4v) is 3.45. The maximum atomic E-state index is 12.6. The molecule has 1 aliphatic heterocycles. The van der Waals surface area contributed by atoms with Gasteiger partial charge in [-0.25, -0.2) is 0 Å². The van der Waals surface area contributed by atoms with E-state index >= 15 is 0 Å². The molecule has 0 radical (unpaired) electrons. The first-order valence-corrected chi connectivity index (χ1v) is 9.32. The third-order valence-corrected chi connectivity index (χ3v) is 5.25. The van der Waals surface area contributed by atoms with Gasteiger partial charge in [0.15, 0.2) is 0 Å². The summed E-state index contributed by atoms with van der Waals surface area (Å²) >= 11 is 6.01. The van der Waals surface area contributed by atoms with Crippen molar-refractivity contribution >= 4 is 29.9 Å². The summed E-state index contributed by atoms with van der Waals surface area (Å²) in [5.74, 6) is 1.10. The number of piperidine rings is 1. The minimum atomic E-state index is -0.0820. The Kier molecular flexibility index (Phi) is 6.22. The molecule has 0 spiro atoms. The Hall–Kier alpha value is -1.56. The average Bonchev–Trinajstić information content (AvgIpc) is 3.33. The Labute approximate surface area is 164 Å². The highest BCUT2D eigenvalue weighted by molar-refractivity contribution is 6.30. The van der Waals surface area contributed by atoms with Crippen LogP contribution in [0.15, 0.2) is 34.9 Å². The van der Waals surface area contributed by atoms with Crippen LogP contribution in [0.1, 0.15) is 36.2 Å². The van der Waals surface area contributed by atoms with Gasteiger partial charge < -0.3 is 14.7 Å². The first-order valence-electron chi connectivity index (χ1n) is 8.94. The van der Waals surface area contributed by atoms with Gasteiger partial charge in [0.1, 0.15) is 5.69 Å². The summed E-state index contributed by atoms with van der Waals surface area (Å²) in [7, 11) is 0. The molecule has 2 fully saturated rings. The highest BCUT2D eigenvalue weighted by atomic mass is 35.5. The molecule has 1 saturated carbocycles. The second kappa shape index (κ2) is 8.42. The quantitative estimate of drug-likeness (QED) is 0.830. The number of nitrogens with zero attached hydrogens (tertiary/aromatic N) is 2. The van der Waals surface area contributed by atoms with Crippen LogP contribution in [-0.4, -0.2) is 41.6 Å². The molecule has 4 rings (SSSR count). The summed E-state index contributed by atoms with van der Waals surface area (Å²) in [5.41, 5.74) is 1.48. The van der Waals surface area contributed by atoms with Crippen molar-refractivity contribution in [3.8, 4) is 11.3 Å². The van der Waals surface area contributed by atoms with Crippen molar-refractivity contribution in [1.82, 2.24) is 15.4 Å². The van der Waals surface area contributed by atoms with Crippen molar-refractivity contribution < 1.29 is 9.32 Å². The van der Waals surface area contributed by atoms with Crippen LogP contribution >= 0.6 is 24.0 Å². The molecule has 0 unspecified atom stereocenters. The summed E-state index contributed by atoms with van der Waals surface area (Å²) in [4.78, 5) is 14.5. The van der Waals surface area contributed by atoms with E-state index in [9.17, 15) is 4.79 Å². The van der Waals surface area contributed by atoms with E-state index in [4.69, 9.17) is 16.1 Å². The Bertz CT molecular complexity index is 753. The van der Waals surface area contributed by atoms with E-state index in [1.165, 1.54) is 12.8 Å². The lowest BCUT2D eigenvalue weighted by Crippen LogP contribution is -2.45. The van der Waals surface area contributed by atoms with Crippen molar-refractivity contribution in [1.29, 1.82) is 0 Å². The van der Waals surface area contributed by atoms with Crippen molar-refractivity contribution in [2.45, 2.75) is 31.7 Å². The number of carbonyl (C=O) groups is 1. The lowest BCUT2D eigenvalue weighted by molar-refractivity contribution is 0.0663. The average molecular weight is 396 g/mol. The van der Waals surface area contributed by atoms with Crippen molar-refractivity contribution in [2.75, 3.05) is 19.6 Å². The number of benzene rings is 1. The second-order valence-electron chi connectivity index (χ2n) is 7.00. The molecule has 1 aromatic heterocycles. The lowest BCUT2D eigenvalue weighted by atomic mass is 10.0. The Morgan fingerprint density at radius 2 is 2.00 bits per heavy atom. The van der Waals surface area contributed by atoms with Crippen LogP contribution in [0.25, 0.3) is 11.3 Å². The molecule has 2 aromatic rings. The molecule has 1 aromatic carbocycles. The van der Waals surface area contributed by atoms with Gasteiger partial charge in [0.25, 0.3) is 5.91 Å². The maximum absolute atomic E-state index is 12.6. The fraction of sp³-hybridized carbons (Fsp3) is 0.474. The number of halogens is 2. The van der Waals surface area contributed by atoms with E-state index < -0.39 is 0 Å². The molecule has 1 N–H and O–H groups in total. The third-order valence-electron chi connectivity index (χ3n) is 5.02. The van der Waals surface area contributed by atoms with Crippen LogP contribution in [0.2, 0.25) is 5.02 Å². The second-order valence-corrected chi connectivity index (χ2v) is 7.44. The summed E-state index contributed by atoms with van der Waals surface area (Å²) in [6, 6.07) is 9.60. The fourth-order valence-electron chi connectivity index (χ4n) is 3.26. The van der Waals surface area contributed by atoms with E-state index in [2.05, 4.69) is 10.5 Å². The summed E-state index contributed by atoms with van der Waals surface area (Å²) < 4.78 is 5.29. The Morgan fingerprint density at radius 3 is 2.69 bits per heavy atom. The number of rotatable bonds is 5. The topological polar surface area (TPSA) is 58.4 Å². The zero-order chi connectivity index (χ0) is 17.2. The SMILES string of the molecule is Cl.O=C(c1cc(-c2cccc(Cl)c2)no1)N1CCC(NCC2CC2)CC1. The smallest absolute Gasteiger partial charge is 0.292 e. The zero-order valence-corrected chi connectivity index (χ0v) is 16.1. The summed E-state index contributed by atoms with van der Waals surface area (Å²) in [5, 5.41) is 8.28. The number of nitrogens with one attached hydrogen (secondary N) is 1. The number of hydrogen-bond donors (Lipinski definition) is 1. The van der Waals surface area contributed by atoms with Crippen LogP contribution in [0.4, 0.5) is 0 Å². The van der Waals surface area contributed by atoms with E-state index in [1.807, 2.05) is 23.1 Å². The van der Waals surface area contributed by atoms with Gasteiger partial charge in [-0.05, 0) is 50.3 Å². The highest BCUT2D eigenvalue weighted by Gasteiger charge is 2.28. The van der Waals surface area contributed by atoms with Crippen molar-refractivity contribution in [2.24, 2.45) is 5.92 Å². The van der Waals surface area contributed by atoms with Gasteiger partial charge in [0.2, 0.25) is 5.76 Å². The van der Waals surface area contributed by atoms with Gasteiger partial charge in [-0.2, -0.15) is 0 Å². The Balaban J connectivity index is 0.00000196. The molecule has 1 aliphatic carbocycles. The molecule has 1 saturated heterocycles. The van der Waals surface area contributed by atoms with E-state index in [1.54, 1.807) is 12.1 Å².